The molecule has 1 fully saturated rings. The average molecular weight is 316 g/mol. The molecule has 2 aliphatic rings. The standard InChI is InChI=1S/C17H16O6/c1-22-14-4-2-9(6-11(14)19)16-8-13(21)17-12(20)7-10(18)3-5-15(17)23-16/h2,4-7,16,18-20H,3,8H2,1H3. The van der Waals surface area contributed by atoms with Gasteiger partial charge < -0.3 is 24.8 Å². The van der Waals surface area contributed by atoms with Gasteiger partial charge >= 0.3 is 0 Å². The van der Waals surface area contributed by atoms with E-state index in [1.807, 2.05) is 0 Å². The van der Waals surface area contributed by atoms with Gasteiger partial charge in [-0.15, -0.1) is 0 Å². The van der Waals surface area contributed by atoms with Gasteiger partial charge in [0.1, 0.15) is 23.2 Å². The van der Waals surface area contributed by atoms with Gasteiger partial charge in [-0.05, 0) is 23.8 Å². The van der Waals surface area contributed by atoms with Gasteiger partial charge in [0, 0.05) is 12.5 Å². The lowest BCUT2D eigenvalue weighted by Gasteiger charge is -2.27. The van der Waals surface area contributed by atoms with Crippen LogP contribution < -0.4 is 4.74 Å². The topological polar surface area (TPSA) is 96.2 Å². The minimum absolute atomic E-state index is 0.0249. The minimum atomic E-state index is -0.581. The van der Waals surface area contributed by atoms with Crippen LogP contribution in [0.3, 0.4) is 0 Å². The number of Topliss-reactive ketones (excluding diaryl/α,β-unsaturated/α-hetero) is 1. The van der Waals surface area contributed by atoms with Crippen LogP contribution in [0.25, 0.3) is 0 Å². The summed E-state index contributed by atoms with van der Waals surface area (Å²) in [4.78, 5) is 12.4. The summed E-state index contributed by atoms with van der Waals surface area (Å²) in [6.07, 6.45) is 2.31. The van der Waals surface area contributed by atoms with E-state index in [0.29, 0.717) is 11.3 Å². The fourth-order valence-electron chi connectivity index (χ4n) is 2.66. The molecule has 1 saturated heterocycles. The molecular weight excluding hydrogens is 300 g/mol. The molecule has 120 valence electrons. The van der Waals surface area contributed by atoms with Gasteiger partial charge in [0.05, 0.1) is 19.3 Å². The van der Waals surface area contributed by atoms with E-state index in [-0.39, 0.29) is 47.2 Å². The Morgan fingerprint density at radius 2 is 2.04 bits per heavy atom. The molecule has 1 aliphatic heterocycles. The number of aromatic hydroxyl groups is 1. The van der Waals surface area contributed by atoms with Crippen molar-refractivity contribution in [1.29, 1.82) is 0 Å². The summed E-state index contributed by atoms with van der Waals surface area (Å²) in [5.41, 5.74) is 0.695. The van der Waals surface area contributed by atoms with Crippen molar-refractivity contribution in [2.24, 2.45) is 0 Å². The zero-order valence-electron chi connectivity index (χ0n) is 12.4. The third-order valence-corrected chi connectivity index (χ3v) is 3.80. The fourth-order valence-corrected chi connectivity index (χ4v) is 2.66. The molecule has 0 radical (unpaired) electrons. The Morgan fingerprint density at radius 1 is 1.26 bits per heavy atom. The number of ether oxygens (including phenoxy) is 2. The highest BCUT2D eigenvalue weighted by molar-refractivity contribution is 6.01. The lowest BCUT2D eigenvalue weighted by Crippen LogP contribution is -2.22. The summed E-state index contributed by atoms with van der Waals surface area (Å²) >= 11 is 0. The molecular formula is C17H16O6. The largest absolute Gasteiger partial charge is 0.512 e. The third-order valence-electron chi connectivity index (χ3n) is 3.80. The van der Waals surface area contributed by atoms with E-state index < -0.39 is 6.10 Å². The molecule has 1 unspecified atom stereocenters. The number of aliphatic hydroxyl groups is 2. The SMILES string of the molecule is COc1ccc(C2CC(=O)C3=C(O)C=C(O)CC=C3O2)cc1O. The van der Waals surface area contributed by atoms with Crippen LogP contribution in [-0.4, -0.2) is 28.2 Å². The number of hydrogen-bond donors (Lipinski definition) is 3. The molecule has 1 aliphatic carbocycles. The highest BCUT2D eigenvalue weighted by Gasteiger charge is 2.33. The molecule has 0 amide bonds. The Balaban J connectivity index is 1.94. The van der Waals surface area contributed by atoms with Crippen molar-refractivity contribution >= 4 is 5.78 Å². The predicted molar refractivity (Wildman–Crippen MR) is 81.2 cm³/mol. The first-order chi connectivity index (χ1) is 11.0. The zero-order chi connectivity index (χ0) is 16.6. The number of allylic oxidation sites excluding steroid dienone is 3. The average Bonchev–Trinajstić information content (AvgIpc) is 2.65. The number of phenols is 1. The van der Waals surface area contributed by atoms with Crippen molar-refractivity contribution < 1.29 is 29.6 Å². The number of carbonyl (C=O) groups is 1. The molecule has 3 N–H and O–H groups in total. The van der Waals surface area contributed by atoms with E-state index in [1.165, 1.54) is 13.2 Å². The number of phenolic OH excluding ortho intramolecular Hbond substituents is 1. The van der Waals surface area contributed by atoms with Crippen LogP contribution >= 0.6 is 0 Å². The van der Waals surface area contributed by atoms with Crippen LogP contribution in [0.1, 0.15) is 24.5 Å². The maximum absolute atomic E-state index is 12.4. The Morgan fingerprint density at radius 3 is 2.74 bits per heavy atom. The summed E-state index contributed by atoms with van der Waals surface area (Å²) < 4.78 is 10.8. The Kier molecular flexibility index (Phi) is 3.73. The number of benzene rings is 1. The van der Waals surface area contributed by atoms with Gasteiger partial charge in [-0.2, -0.15) is 0 Å². The number of hydrogen-bond acceptors (Lipinski definition) is 6. The Labute approximate surface area is 132 Å². The summed E-state index contributed by atoms with van der Waals surface area (Å²) in [5.74, 6) is -0.110. The molecule has 3 rings (SSSR count). The van der Waals surface area contributed by atoms with E-state index in [4.69, 9.17) is 9.47 Å². The number of carbonyl (C=O) groups excluding carboxylic acids is 1. The second-order valence-corrected chi connectivity index (χ2v) is 5.33. The highest BCUT2D eigenvalue weighted by Crippen LogP contribution is 2.39. The van der Waals surface area contributed by atoms with E-state index in [9.17, 15) is 20.1 Å². The summed E-state index contributed by atoms with van der Waals surface area (Å²) in [7, 11) is 1.45. The number of rotatable bonds is 2. The first-order valence-corrected chi connectivity index (χ1v) is 7.09. The molecule has 0 aromatic heterocycles. The number of aliphatic hydroxyl groups excluding tert-OH is 2. The molecule has 23 heavy (non-hydrogen) atoms. The maximum Gasteiger partial charge on any atom is 0.174 e. The summed E-state index contributed by atoms with van der Waals surface area (Å²) in [6, 6.07) is 4.78. The highest BCUT2D eigenvalue weighted by atomic mass is 16.5. The third kappa shape index (κ3) is 2.75. The molecule has 6 nitrogen and oxygen atoms in total. The summed E-state index contributed by atoms with van der Waals surface area (Å²) in [5, 5.41) is 29.4. The molecule has 1 aromatic carbocycles. The second-order valence-electron chi connectivity index (χ2n) is 5.33. The minimum Gasteiger partial charge on any atom is -0.512 e. The van der Waals surface area contributed by atoms with Crippen LogP contribution in [0.4, 0.5) is 0 Å². The normalized spacial score (nSPS) is 20.9. The number of methoxy groups -OCH3 is 1. The van der Waals surface area contributed by atoms with Crippen LogP contribution in [0.5, 0.6) is 11.5 Å². The molecule has 6 heteroatoms. The van der Waals surface area contributed by atoms with Crippen LogP contribution in [0, 0.1) is 0 Å². The van der Waals surface area contributed by atoms with E-state index in [0.717, 1.165) is 6.08 Å². The van der Waals surface area contributed by atoms with Crippen LogP contribution in [0.2, 0.25) is 0 Å². The smallest absolute Gasteiger partial charge is 0.174 e. The van der Waals surface area contributed by atoms with E-state index in [2.05, 4.69) is 0 Å². The molecule has 0 saturated carbocycles. The molecule has 0 bridgehead atoms. The monoisotopic (exact) mass is 316 g/mol. The van der Waals surface area contributed by atoms with Crippen LogP contribution in [-0.2, 0) is 9.53 Å². The summed E-state index contributed by atoms with van der Waals surface area (Å²) in [6.45, 7) is 0. The lowest BCUT2D eigenvalue weighted by molar-refractivity contribution is -0.120. The van der Waals surface area contributed by atoms with Gasteiger partial charge in [-0.1, -0.05) is 6.07 Å². The number of ketones is 1. The van der Waals surface area contributed by atoms with Gasteiger partial charge in [0.15, 0.2) is 17.3 Å². The first kappa shape index (κ1) is 15.0. The van der Waals surface area contributed by atoms with Crippen molar-refractivity contribution in [3.8, 4) is 11.5 Å². The van der Waals surface area contributed by atoms with Gasteiger partial charge in [-0.3, -0.25) is 4.79 Å². The lowest BCUT2D eigenvalue weighted by atomic mass is 9.94. The second kappa shape index (κ2) is 5.72. The van der Waals surface area contributed by atoms with Gasteiger partial charge in [0.2, 0.25) is 0 Å². The van der Waals surface area contributed by atoms with Gasteiger partial charge in [0.25, 0.3) is 0 Å². The van der Waals surface area contributed by atoms with Crippen molar-refractivity contribution in [2.75, 3.05) is 7.11 Å². The Hall–Kier alpha value is -2.89. The van der Waals surface area contributed by atoms with Crippen molar-refractivity contribution in [2.45, 2.75) is 18.9 Å². The molecule has 0 spiro atoms. The molecule has 1 aromatic rings. The number of fused-ring (bicyclic) bond motifs is 1. The quantitative estimate of drug-likeness (QED) is 0.776. The fraction of sp³-hybridized carbons (Fsp3) is 0.235. The molecule has 1 atom stereocenters. The van der Waals surface area contributed by atoms with Crippen molar-refractivity contribution in [3.05, 3.63) is 58.8 Å². The Bertz CT molecular complexity index is 756. The van der Waals surface area contributed by atoms with Gasteiger partial charge in [-0.25, -0.2) is 0 Å². The first-order valence-electron chi connectivity index (χ1n) is 7.09. The van der Waals surface area contributed by atoms with Crippen molar-refractivity contribution in [3.63, 3.8) is 0 Å². The molecule has 1 heterocycles. The van der Waals surface area contributed by atoms with E-state index >= 15 is 0 Å². The maximum atomic E-state index is 12.4. The van der Waals surface area contributed by atoms with Crippen LogP contribution in [0.15, 0.2) is 53.2 Å². The predicted octanol–water partition coefficient (Wildman–Crippen LogP) is 2.97. The van der Waals surface area contributed by atoms with Crippen molar-refractivity contribution in [1.82, 2.24) is 0 Å². The van der Waals surface area contributed by atoms with E-state index in [1.54, 1.807) is 18.2 Å². The zero-order valence-corrected chi connectivity index (χ0v) is 12.4.